The lowest BCUT2D eigenvalue weighted by atomic mass is 10.2. The molecule has 0 heterocycles. The lowest BCUT2D eigenvalue weighted by molar-refractivity contribution is -0.137. The molecule has 2 aromatic rings. The van der Waals surface area contributed by atoms with Crippen molar-refractivity contribution in [2.75, 3.05) is 18.5 Å². The SMILES string of the molecule is Cc1ccc(Br)cc1NC(=O)CCNC(=O)COc1ccc(C(F)(F)F)cc1. The minimum absolute atomic E-state index is 0.0674. The van der Waals surface area contributed by atoms with Crippen molar-refractivity contribution in [3.63, 3.8) is 0 Å². The van der Waals surface area contributed by atoms with Crippen LogP contribution in [0.1, 0.15) is 17.5 Å². The van der Waals surface area contributed by atoms with Gasteiger partial charge in [0, 0.05) is 23.1 Å². The molecular formula is C19H18BrF3N2O3. The number of anilines is 1. The number of alkyl halides is 3. The summed E-state index contributed by atoms with van der Waals surface area (Å²) in [7, 11) is 0. The smallest absolute Gasteiger partial charge is 0.416 e. The summed E-state index contributed by atoms with van der Waals surface area (Å²) in [5.41, 5.74) is 0.790. The Morgan fingerprint density at radius 3 is 2.39 bits per heavy atom. The Balaban J connectivity index is 1.71. The molecule has 0 atom stereocenters. The molecule has 9 heteroatoms. The molecule has 2 rings (SSSR count). The lowest BCUT2D eigenvalue weighted by Gasteiger charge is -2.10. The van der Waals surface area contributed by atoms with Gasteiger partial charge < -0.3 is 15.4 Å². The average molecular weight is 459 g/mol. The van der Waals surface area contributed by atoms with E-state index in [1.54, 1.807) is 6.07 Å². The molecule has 28 heavy (non-hydrogen) atoms. The third-order valence-corrected chi connectivity index (χ3v) is 4.19. The van der Waals surface area contributed by atoms with Gasteiger partial charge in [-0.05, 0) is 48.9 Å². The van der Waals surface area contributed by atoms with Gasteiger partial charge in [-0.25, -0.2) is 0 Å². The Hall–Kier alpha value is -2.55. The van der Waals surface area contributed by atoms with E-state index >= 15 is 0 Å². The highest BCUT2D eigenvalue weighted by atomic mass is 79.9. The molecule has 2 aromatic carbocycles. The van der Waals surface area contributed by atoms with Gasteiger partial charge in [-0.15, -0.1) is 0 Å². The van der Waals surface area contributed by atoms with Crippen molar-refractivity contribution in [1.82, 2.24) is 5.32 Å². The first-order valence-electron chi connectivity index (χ1n) is 8.28. The van der Waals surface area contributed by atoms with E-state index in [0.717, 1.165) is 34.3 Å². The number of nitrogens with one attached hydrogen (secondary N) is 2. The van der Waals surface area contributed by atoms with Gasteiger partial charge in [0.1, 0.15) is 5.75 Å². The Bertz CT molecular complexity index is 839. The zero-order valence-electron chi connectivity index (χ0n) is 14.9. The van der Waals surface area contributed by atoms with Crippen LogP contribution in [0.3, 0.4) is 0 Å². The Morgan fingerprint density at radius 2 is 1.75 bits per heavy atom. The number of amides is 2. The first-order chi connectivity index (χ1) is 13.1. The fraction of sp³-hybridized carbons (Fsp3) is 0.263. The van der Waals surface area contributed by atoms with E-state index in [9.17, 15) is 22.8 Å². The number of benzene rings is 2. The van der Waals surface area contributed by atoms with Crippen molar-refractivity contribution >= 4 is 33.4 Å². The molecule has 0 aliphatic rings. The van der Waals surface area contributed by atoms with Crippen molar-refractivity contribution in [1.29, 1.82) is 0 Å². The maximum atomic E-state index is 12.5. The largest absolute Gasteiger partial charge is 0.484 e. The number of hydrogen-bond acceptors (Lipinski definition) is 3. The highest BCUT2D eigenvalue weighted by Gasteiger charge is 2.30. The van der Waals surface area contributed by atoms with Gasteiger partial charge in [-0.3, -0.25) is 9.59 Å². The predicted octanol–water partition coefficient (Wildman–Crippen LogP) is 4.30. The topological polar surface area (TPSA) is 67.4 Å². The number of carbonyl (C=O) groups is 2. The Labute approximate surface area is 168 Å². The second-order valence-electron chi connectivity index (χ2n) is 5.92. The monoisotopic (exact) mass is 458 g/mol. The summed E-state index contributed by atoms with van der Waals surface area (Å²) in [6.45, 7) is 1.61. The minimum atomic E-state index is -4.43. The molecule has 0 saturated heterocycles. The number of halogens is 4. The number of carbonyl (C=O) groups excluding carboxylic acids is 2. The summed E-state index contributed by atoms with van der Waals surface area (Å²) in [6, 6.07) is 9.54. The molecule has 2 N–H and O–H groups in total. The maximum Gasteiger partial charge on any atom is 0.416 e. The summed E-state index contributed by atoms with van der Waals surface area (Å²) in [5.74, 6) is -0.595. The maximum absolute atomic E-state index is 12.5. The molecule has 0 fully saturated rings. The minimum Gasteiger partial charge on any atom is -0.484 e. The molecule has 0 aliphatic carbocycles. The highest BCUT2D eigenvalue weighted by molar-refractivity contribution is 9.10. The van der Waals surface area contributed by atoms with Gasteiger partial charge in [0.05, 0.1) is 5.56 Å². The normalized spacial score (nSPS) is 11.0. The van der Waals surface area contributed by atoms with Gasteiger partial charge in [-0.1, -0.05) is 22.0 Å². The second-order valence-corrected chi connectivity index (χ2v) is 6.83. The number of aryl methyl sites for hydroxylation is 1. The summed E-state index contributed by atoms with van der Waals surface area (Å²) >= 11 is 3.33. The van der Waals surface area contributed by atoms with Gasteiger partial charge in [0.25, 0.3) is 5.91 Å². The lowest BCUT2D eigenvalue weighted by Crippen LogP contribution is -2.31. The molecule has 150 valence electrons. The zero-order valence-corrected chi connectivity index (χ0v) is 16.5. The van der Waals surface area contributed by atoms with E-state index in [1.165, 1.54) is 0 Å². The van der Waals surface area contributed by atoms with Gasteiger partial charge >= 0.3 is 6.18 Å². The zero-order chi connectivity index (χ0) is 20.7. The molecule has 2 amide bonds. The molecule has 0 saturated carbocycles. The first-order valence-corrected chi connectivity index (χ1v) is 9.07. The van der Waals surface area contributed by atoms with Crippen LogP contribution in [-0.4, -0.2) is 25.0 Å². The van der Waals surface area contributed by atoms with Crippen LogP contribution in [0.25, 0.3) is 0 Å². The number of ether oxygens (including phenoxy) is 1. The van der Waals surface area contributed by atoms with Gasteiger partial charge in [0.2, 0.25) is 5.91 Å². The van der Waals surface area contributed by atoms with E-state index in [1.807, 2.05) is 19.1 Å². The van der Waals surface area contributed by atoms with Crippen molar-refractivity contribution < 1.29 is 27.5 Å². The average Bonchev–Trinajstić information content (AvgIpc) is 2.62. The van der Waals surface area contributed by atoms with E-state index < -0.39 is 17.6 Å². The first kappa shape index (κ1) is 21.7. The number of hydrogen-bond donors (Lipinski definition) is 2. The van der Waals surface area contributed by atoms with Crippen LogP contribution in [0.5, 0.6) is 5.75 Å². The molecule has 0 spiro atoms. The fourth-order valence-electron chi connectivity index (χ4n) is 2.20. The van der Waals surface area contributed by atoms with Crippen LogP contribution in [0.2, 0.25) is 0 Å². The summed E-state index contributed by atoms with van der Waals surface area (Å²) in [6.07, 6.45) is -4.36. The van der Waals surface area contributed by atoms with Gasteiger partial charge in [0.15, 0.2) is 6.61 Å². The molecule has 0 radical (unpaired) electrons. The van der Waals surface area contributed by atoms with Crippen LogP contribution in [0.15, 0.2) is 46.9 Å². The van der Waals surface area contributed by atoms with E-state index in [2.05, 4.69) is 26.6 Å². The van der Waals surface area contributed by atoms with Crippen LogP contribution >= 0.6 is 15.9 Å². The van der Waals surface area contributed by atoms with Crippen LogP contribution in [0, 0.1) is 6.92 Å². The standard InChI is InChI=1S/C19H18BrF3N2O3/c1-12-2-5-14(20)10-16(12)25-17(26)8-9-24-18(27)11-28-15-6-3-13(4-7-15)19(21,22)23/h2-7,10H,8-9,11H2,1H3,(H,24,27)(H,25,26). The highest BCUT2D eigenvalue weighted by Crippen LogP contribution is 2.30. The summed E-state index contributed by atoms with van der Waals surface area (Å²) < 4.78 is 43.4. The quantitative estimate of drug-likeness (QED) is 0.649. The van der Waals surface area contributed by atoms with E-state index in [-0.39, 0.29) is 31.2 Å². The molecule has 0 unspecified atom stereocenters. The second kappa shape index (κ2) is 9.59. The molecule has 0 aliphatic heterocycles. The Morgan fingerprint density at radius 1 is 1.07 bits per heavy atom. The molecule has 0 bridgehead atoms. The van der Waals surface area contributed by atoms with Crippen LogP contribution < -0.4 is 15.4 Å². The Kier molecular flexibility index (Phi) is 7.45. The van der Waals surface area contributed by atoms with Crippen LogP contribution in [-0.2, 0) is 15.8 Å². The van der Waals surface area contributed by atoms with Crippen molar-refractivity contribution in [3.8, 4) is 5.75 Å². The van der Waals surface area contributed by atoms with Crippen molar-refractivity contribution in [2.45, 2.75) is 19.5 Å². The molecule has 5 nitrogen and oxygen atoms in total. The van der Waals surface area contributed by atoms with E-state index in [4.69, 9.17) is 4.74 Å². The summed E-state index contributed by atoms with van der Waals surface area (Å²) in [5, 5.41) is 5.27. The summed E-state index contributed by atoms with van der Waals surface area (Å²) in [4.78, 5) is 23.7. The molecule has 0 aromatic heterocycles. The predicted molar refractivity (Wildman–Crippen MR) is 102 cm³/mol. The van der Waals surface area contributed by atoms with E-state index in [0.29, 0.717) is 5.69 Å². The third-order valence-electron chi connectivity index (χ3n) is 3.70. The third kappa shape index (κ3) is 6.88. The fourth-order valence-corrected chi connectivity index (χ4v) is 2.56. The van der Waals surface area contributed by atoms with Crippen LogP contribution in [0.4, 0.5) is 18.9 Å². The van der Waals surface area contributed by atoms with Crippen molar-refractivity contribution in [3.05, 3.63) is 58.1 Å². The molecular weight excluding hydrogens is 441 g/mol. The van der Waals surface area contributed by atoms with Gasteiger partial charge in [-0.2, -0.15) is 13.2 Å². The number of rotatable bonds is 7. The van der Waals surface area contributed by atoms with Crippen molar-refractivity contribution in [2.24, 2.45) is 0 Å².